The first-order valence-electron chi connectivity index (χ1n) is 5.81. The van der Waals surface area contributed by atoms with Crippen LogP contribution in [0.2, 0.25) is 0 Å². The SMILES string of the molecule is CC(C)n1cc(CC(=O)Oc2ccccc2)nn1. The van der Waals surface area contributed by atoms with Gasteiger partial charge in [-0.2, -0.15) is 0 Å². The fraction of sp³-hybridized carbons (Fsp3) is 0.308. The second kappa shape index (κ2) is 5.44. The van der Waals surface area contributed by atoms with Crippen molar-refractivity contribution >= 4 is 5.97 Å². The maximum Gasteiger partial charge on any atom is 0.317 e. The summed E-state index contributed by atoms with van der Waals surface area (Å²) in [6.45, 7) is 4.00. The number of hydrogen-bond donors (Lipinski definition) is 0. The zero-order valence-corrected chi connectivity index (χ0v) is 10.4. The number of nitrogens with zero attached hydrogens (tertiary/aromatic N) is 3. The summed E-state index contributed by atoms with van der Waals surface area (Å²) < 4.78 is 6.89. The van der Waals surface area contributed by atoms with Gasteiger partial charge in [0.25, 0.3) is 0 Å². The standard InChI is InChI=1S/C13H15N3O2/c1-10(2)16-9-11(14-15-16)8-13(17)18-12-6-4-3-5-7-12/h3-7,9-10H,8H2,1-2H3. The Hall–Kier alpha value is -2.17. The molecule has 94 valence electrons. The van der Waals surface area contributed by atoms with Crippen LogP contribution in [0.15, 0.2) is 36.5 Å². The van der Waals surface area contributed by atoms with E-state index in [0.29, 0.717) is 11.4 Å². The monoisotopic (exact) mass is 245 g/mol. The third-order valence-corrected chi connectivity index (χ3v) is 2.39. The van der Waals surface area contributed by atoms with E-state index in [1.807, 2.05) is 32.0 Å². The lowest BCUT2D eigenvalue weighted by atomic mass is 10.3. The van der Waals surface area contributed by atoms with Crippen LogP contribution in [-0.4, -0.2) is 21.0 Å². The van der Waals surface area contributed by atoms with Crippen LogP contribution in [0.1, 0.15) is 25.6 Å². The molecule has 0 N–H and O–H groups in total. The Morgan fingerprint density at radius 1 is 1.33 bits per heavy atom. The molecule has 5 nitrogen and oxygen atoms in total. The second-order valence-electron chi connectivity index (χ2n) is 4.25. The van der Waals surface area contributed by atoms with E-state index < -0.39 is 0 Å². The van der Waals surface area contributed by atoms with E-state index in [-0.39, 0.29) is 18.4 Å². The van der Waals surface area contributed by atoms with E-state index >= 15 is 0 Å². The van der Waals surface area contributed by atoms with E-state index in [1.165, 1.54) is 0 Å². The molecule has 0 aliphatic carbocycles. The van der Waals surface area contributed by atoms with Crippen molar-refractivity contribution in [2.75, 3.05) is 0 Å². The average Bonchev–Trinajstić information content (AvgIpc) is 2.78. The fourth-order valence-electron chi connectivity index (χ4n) is 1.45. The molecule has 1 heterocycles. The lowest BCUT2D eigenvalue weighted by Gasteiger charge is -2.02. The van der Waals surface area contributed by atoms with Gasteiger partial charge in [-0.25, -0.2) is 4.68 Å². The lowest BCUT2D eigenvalue weighted by molar-refractivity contribution is -0.133. The topological polar surface area (TPSA) is 57.0 Å². The number of para-hydroxylation sites is 1. The highest BCUT2D eigenvalue weighted by atomic mass is 16.5. The molecule has 0 aliphatic heterocycles. The van der Waals surface area contributed by atoms with Gasteiger partial charge in [-0.05, 0) is 26.0 Å². The van der Waals surface area contributed by atoms with Gasteiger partial charge in [0, 0.05) is 12.2 Å². The Labute approximate surface area is 105 Å². The zero-order valence-electron chi connectivity index (χ0n) is 10.4. The van der Waals surface area contributed by atoms with E-state index in [1.54, 1.807) is 23.0 Å². The molecule has 0 radical (unpaired) electrons. The van der Waals surface area contributed by atoms with Crippen LogP contribution in [0.25, 0.3) is 0 Å². The van der Waals surface area contributed by atoms with Crippen molar-refractivity contribution in [2.45, 2.75) is 26.3 Å². The summed E-state index contributed by atoms with van der Waals surface area (Å²) in [5.41, 5.74) is 0.615. The summed E-state index contributed by atoms with van der Waals surface area (Å²) in [6.07, 6.45) is 1.89. The van der Waals surface area contributed by atoms with Crippen LogP contribution in [0.4, 0.5) is 0 Å². The molecule has 18 heavy (non-hydrogen) atoms. The molecule has 2 aromatic rings. The number of carbonyl (C=O) groups excluding carboxylic acids is 1. The minimum atomic E-state index is -0.336. The van der Waals surface area contributed by atoms with Gasteiger partial charge in [-0.15, -0.1) is 5.10 Å². The van der Waals surface area contributed by atoms with Gasteiger partial charge in [0.2, 0.25) is 0 Å². The maximum absolute atomic E-state index is 11.7. The van der Waals surface area contributed by atoms with E-state index in [2.05, 4.69) is 10.3 Å². The maximum atomic E-state index is 11.7. The molecule has 0 atom stereocenters. The third-order valence-electron chi connectivity index (χ3n) is 2.39. The summed E-state index contributed by atoms with van der Waals surface area (Å²) in [5.74, 6) is 0.204. The molecule has 1 aromatic carbocycles. The molecule has 5 heteroatoms. The zero-order chi connectivity index (χ0) is 13.0. The molecule has 0 saturated carbocycles. The lowest BCUT2D eigenvalue weighted by Crippen LogP contribution is -2.11. The van der Waals surface area contributed by atoms with E-state index in [0.717, 1.165) is 0 Å². The van der Waals surface area contributed by atoms with Crippen LogP contribution < -0.4 is 4.74 Å². The van der Waals surface area contributed by atoms with E-state index in [9.17, 15) is 4.79 Å². The highest BCUT2D eigenvalue weighted by molar-refractivity contribution is 5.74. The Bertz CT molecular complexity index is 520. The van der Waals surface area contributed by atoms with Crippen LogP contribution in [0, 0.1) is 0 Å². The van der Waals surface area contributed by atoms with Crippen LogP contribution in [-0.2, 0) is 11.2 Å². The van der Waals surface area contributed by atoms with Crippen LogP contribution >= 0.6 is 0 Å². The first-order chi connectivity index (χ1) is 8.65. The third kappa shape index (κ3) is 3.16. The smallest absolute Gasteiger partial charge is 0.317 e. The highest BCUT2D eigenvalue weighted by Crippen LogP contribution is 2.10. The first-order valence-corrected chi connectivity index (χ1v) is 5.81. The largest absolute Gasteiger partial charge is 0.426 e. The predicted octanol–water partition coefficient (Wildman–Crippen LogP) is 2.01. The molecule has 0 amide bonds. The molecule has 0 spiro atoms. The number of benzene rings is 1. The van der Waals surface area contributed by atoms with Gasteiger partial charge in [-0.3, -0.25) is 4.79 Å². The number of esters is 1. The summed E-state index contributed by atoms with van der Waals surface area (Å²) in [7, 11) is 0. The second-order valence-corrected chi connectivity index (χ2v) is 4.25. The Kier molecular flexibility index (Phi) is 3.72. The normalized spacial score (nSPS) is 10.6. The number of aromatic nitrogens is 3. The Morgan fingerprint density at radius 3 is 2.67 bits per heavy atom. The van der Waals surface area contributed by atoms with Gasteiger partial charge in [0.05, 0.1) is 12.1 Å². The number of carbonyl (C=O) groups is 1. The van der Waals surface area contributed by atoms with Crippen molar-refractivity contribution in [1.29, 1.82) is 0 Å². The van der Waals surface area contributed by atoms with Crippen molar-refractivity contribution in [3.05, 3.63) is 42.2 Å². The van der Waals surface area contributed by atoms with Gasteiger partial charge >= 0.3 is 5.97 Å². The Balaban J connectivity index is 1.95. The molecular formula is C13H15N3O2. The predicted molar refractivity (Wildman–Crippen MR) is 66.2 cm³/mol. The van der Waals surface area contributed by atoms with Gasteiger partial charge in [0.1, 0.15) is 5.75 Å². The van der Waals surface area contributed by atoms with Crippen LogP contribution in [0.5, 0.6) is 5.75 Å². The number of hydrogen-bond acceptors (Lipinski definition) is 4. The van der Waals surface area contributed by atoms with Crippen molar-refractivity contribution in [2.24, 2.45) is 0 Å². The van der Waals surface area contributed by atoms with Crippen molar-refractivity contribution in [3.8, 4) is 5.75 Å². The Morgan fingerprint density at radius 2 is 2.06 bits per heavy atom. The minimum Gasteiger partial charge on any atom is -0.426 e. The van der Waals surface area contributed by atoms with Crippen LogP contribution in [0.3, 0.4) is 0 Å². The molecule has 0 aliphatic rings. The molecule has 0 saturated heterocycles. The molecule has 0 unspecified atom stereocenters. The minimum absolute atomic E-state index is 0.127. The van der Waals surface area contributed by atoms with Crippen molar-refractivity contribution in [3.63, 3.8) is 0 Å². The van der Waals surface area contributed by atoms with Gasteiger partial charge in [0.15, 0.2) is 0 Å². The van der Waals surface area contributed by atoms with Gasteiger partial charge < -0.3 is 4.74 Å². The summed E-state index contributed by atoms with van der Waals surface area (Å²) >= 11 is 0. The molecule has 0 fully saturated rings. The number of rotatable bonds is 4. The van der Waals surface area contributed by atoms with Crippen molar-refractivity contribution < 1.29 is 9.53 Å². The summed E-state index contributed by atoms with van der Waals surface area (Å²) in [4.78, 5) is 11.7. The summed E-state index contributed by atoms with van der Waals surface area (Å²) in [6, 6.07) is 9.21. The molecule has 2 rings (SSSR count). The average molecular weight is 245 g/mol. The van der Waals surface area contributed by atoms with Gasteiger partial charge in [-0.1, -0.05) is 23.4 Å². The number of ether oxygens (including phenoxy) is 1. The molecular weight excluding hydrogens is 230 g/mol. The highest BCUT2D eigenvalue weighted by Gasteiger charge is 2.10. The first kappa shape index (κ1) is 12.3. The quantitative estimate of drug-likeness (QED) is 0.610. The molecule has 1 aromatic heterocycles. The molecule has 0 bridgehead atoms. The fourth-order valence-corrected chi connectivity index (χ4v) is 1.45. The van der Waals surface area contributed by atoms with E-state index in [4.69, 9.17) is 4.74 Å². The summed E-state index contributed by atoms with van der Waals surface area (Å²) in [5, 5.41) is 7.87. The van der Waals surface area contributed by atoms with Crippen molar-refractivity contribution in [1.82, 2.24) is 15.0 Å².